The van der Waals surface area contributed by atoms with Gasteiger partial charge in [0, 0.05) is 33.2 Å². The van der Waals surface area contributed by atoms with Gasteiger partial charge in [-0.1, -0.05) is 82.8 Å². The summed E-state index contributed by atoms with van der Waals surface area (Å²) in [5.41, 5.74) is 1.66. The maximum atomic E-state index is 14.1. The molecule has 0 saturated carbocycles. The monoisotopic (exact) mass is 667 g/mol. The first kappa shape index (κ1) is 31.9. The van der Waals surface area contributed by atoms with Crippen molar-refractivity contribution in [3.63, 3.8) is 0 Å². The number of halogens is 3. The highest BCUT2D eigenvalue weighted by Gasteiger charge is 2.34. The number of anilines is 1. The van der Waals surface area contributed by atoms with Crippen LogP contribution >= 0.6 is 39.1 Å². The molecule has 11 heteroatoms. The molecule has 0 fully saturated rings. The molecule has 3 aromatic rings. The predicted octanol–water partition coefficient (Wildman–Crippen LogP) is 6.59. The fourth-order valence-electron chi connectivity index (χ4n) is 4.14. The van der Waals surface area contributed by atoms with Gasteiger partial charge in [0.2, 0.25) is 11.8 Å². The van der Waals surface area contributed by atoms with Gasteiger partial charge in [0.05, 0.1) is 10.6 Å². The van der Waals surface area contributed by atoms with Crippen LogP contribution < -0.4 is 9.62 Å². The summed E-state index contributed by atoms with van der Waals surface area (Å²) in [5.74, 6) is -0.915. The van der Waals surface area contributed by atoms with Crippen molar-refractivity contribution in [3.8, 4) is 0 Å². The van der Waals surface area contributed by atoms with Crippen molar-refractivity contribution >= 4 is 66.7 Å². The average molecular weight is 669 g/mol. The van der Waals surface area contributed by atoms with E-state index in [1.54, 1.807) is 61.5 Å². The number of carbonyl (C=O) groups is 2. The Kier molecular flexibility index (Phi) is 11.5. The lowest BCUT2D eigenvalue weighted by Crippen LogP contribution is -2.52. The van der Waals surface area contributed by atoms with Crippen LogP contribution in [0.3, 0.4) is 0 Å². The number of nitrogens with one attached hydrogen (secondary N) is 1. The van der Waals surface area contributed by atoms with E-state index in [2.05, 4.69) is 21.2 Å². The topological polar surface area (TPSA) is 86.8 Å². The predicted molar refractivity (Wildman–Crippen MR) is 164 cm³/mol. The van der Waals surface area contributed by atoms with E-state index < -0.39 is 28.5 Å². The van der Waals surface area contributed by atoms with Crippen LogP contribution in [0.15, 0.2) is 76.1 Å². The molecule has 0 aromatic heterocycles. The molecule has 0 saturated heterocycles. The van der Waals surface area contributed by atoms with E-state index in [-0.39, 0.29) is 17.3 Å². The van der Waals surface area contributed by atoms with Gasteiger partial charge in [-0.05, 0) is 62.2 Å². The van der Waals surface area contributed by atoms with Gasteiger partial charge in [-0.2, -0.15) is 0 Å². The summed E-state index contributed by atoms with van der Waals surface area (Å²) < 4.78 is 29.5. The lowest BCUT2D eigenvalue weighted by molar-refractivity contribution is -0.140. The van der Waals surface area contributed by atoms with Crippen molar-refractivity contribution < 1.29 is 18.0 Å². The van der Waals surface area contributed by atoms with Crippen molar-refractivity contribution in [2.75, 3.05) is 17.4 Å². The van der Waals surface area contributed by atoms with Crippen LogP contribution in [0.1, 0.15) is 37.8 Å². The summed E-state index contributed by atoms with van der Waals surface area (Å²) in [4.78, 5) is 28.7. The highest BCUT2D eigenvalue weighted by atomic mass is 79.9. The van der Waals surface area contributed by atoms with Gasteiger partial charge in [-0.3, -0.25) is 13.9 Å². The average Bonchev–Trinajstić information content (AvgIpc) is 2.92. The van der Waals surface area contributed by atoms with Crippen LogP contribution in [-0.4, -0.2) is 44.3 Å². The Labute approximate surface area is 254 Å². The lowest BCUT2D eigenvalue weighted by atomic mass is 10.1. The Morgan fingerprint density at radius 2 is 1.60 bits per heavy atom. The van der Waals surface area contributed by atoms with Gasteiger partial charge in [-0.15, -0.1) is 0 Å². The highest BCUT2D eigenvalue weighted by Crippen LogP contribution is 2.29. The van der Waals surface area contributed by atoms with E-state index in [0.29, 0.717) is 38.7 Å². The molecule has 1 atom stereocenters. The summed E-state index contributed by atoms with van der Waals surface area (Å²) >= 11 is 16.3. The minimum absolute atomic E-state index is 0.0410. The van der Waals surface area contributed by atoms with E-state index in [0.717, 1.165) is 16.3 Å². The van der Waals surface area contributed by atoms with E-state index in [1.807, 2.05) is 13.8 Å². The van der Waals surface area contributed by atoms with Crippen LogP contribution in [0.4, 0.5) is 5.69 Å². The molecular formula is C29H32BrCl2N3O4S. The van der Waals surface area contributed by atoms with E-state index in [9.17, 15) is 18.0 Å². The molecule has 1 unspecified atom stereocenters. The molecule has 0 radical (unpaired) electrons. The number of benzene rings is 3. The van der Waals surface area contributed by atoms with Gasteiger partial charge in [0.25, 0.3) is 10.0 Å². The first-order chi connectivity index (χ1) is 19.0. The number of hydrogen-bond acceptors (Lipinski definition) is 4. The maximum Gasteiger partial charge on any atom is 0.264 e. The van der Waals surface area contributed by atoms with Gasteiger partial charge in [0.1, 0.15) is 12.6 Å². The Balaban J connectivity index is 2.09. The third kappa shape index (κ3) is 7.78. The fourth-order valence-corrected chi connectivity index (χ4v) is 6.45. The number of nitrogens with zero attached hydrogens (tertiary/aromatic N) is 2. The molecule has 1 N–H and O–H groups in total. The van der Waals surface area contributed by atoms with Crippen LogP contribution in [-0.2, 0) is 26.2 Å². The SMILES string of the molecule is CCCNC(=O)C(CC)N(Cc1c(Cl)cccc1Cl)C(=O)CN(c1cccc(Br)c1)S(=O)(=O)c1ccc(C)cc1. The van der Waals surface area contributed by atoms with E-state index in [4.69, 9.17) is 23.2 Å². The molecule has 3 aromatic carbocycles. The molecular weight excluding hydrogens is 637 g/mol. The summed E-state index contributed by atoms with van der Waals surface area (Å²) in [6.45, 7) is 5.40. The van der Waals surface area contributed by atoms with Crippen LogP contribution in [0.25, 0.3) is 0 Å². The Morgan fingerprint density at radius 3 is 2.17 bits per heavy atom. The summed E-state index contributed by atoms with van der Waals surface area (Å²) in [5, 5.41) is 3.53. The minimum Gasteiger partial charge on any atom is -0.354 e. The molecule has 7 nitrogen and oxygen atoms in total. The number of sulfonamides is 1. The lowest BCUT2D eigenvalue weighted by Gasteiger charge is -2.33. The molecule has 0 bridgehead atoms. The van der Waals surface area contributed by atoms with E-state index >= 15 is 0 Å². The number of carbonyl (C=O) groups excluding carboxylic acids is 2. The van der Waals surface area contributed by atoms with Gasteiger partial charge < -0.3 is 10.2 Å². The zero-order valence-corrected chi connectivity index (χ0v) is 26.4. The highest BCUT2D eigenvalue weighted by molar-refractivity contribution is 9.10. The van der Waals surface area contributed by atoms with Crippen molar-refractivity contribution in [2.45, 2.75) is 51.1 Å². The third-order valence-corrected chi connectivity index (χ3v) is 9.30. The second-order valence-corrected chi connectivity index (χ2v) is 12.8. The molecule has 214 valence electrons. The van der Waals surface area contributed by atoms with Crippen LogP contribution in [0.2, 0.25) is 10.0 Å². The Morgan fingerprint density at radius 1 is 0.975 bits per heavy atom. The first-order valence-corrected chi connectivity index (χ1v) is 15.8. The van der Waals surface area contributed by atoms with Crippen molar-refractivity contribution in [3.05, 3.63) is 92.4 Å². The fraction of sp³-hybridized carbons (Fsp3) is 0.310. The minimum atomic E-state index is -4.16. The van der Waals surface area contributed by atoms with Gasteiger partial charge >= 0.3 is 0 Å². The quantitative estimate of drug-likeness (QED) is 0.236. The zero-order valence-electron chi connectivity index (χ0n) is 22.5. The summed E-state index contributed by atoms with van der Waals surface area (Å²) in [6, 6.07) is 17.2. The Bertz CT molecular complexity index is 1430. The molecule has 0 heterocycles. The third-order valence-electron chi connectivity index (χ3n) is 6.31. The van der Waals surface area contributed by atoms with Crippen molar-refractivity contribution in [1.82, 2.24) is 10.2 Å². The van der Waals surface area contributed by atoms with Crippen LogP contribution in [0, 0.1) is 6.92 Å². The first-order valence-electron chi connectivity index (χ1n) is 12.8. The molecule has 40 heavy (non-hydrogen) atoms. The van der Waals surface area contributed by atoms with Gasteiger partial charge in [-0.25, -0.2) is 8.42 Å². The normalized spacial score (nSPS) is 12.1. The van der Waals surface area contributed by atoms with Crippen LogP contribution in [0.5, 0.6) is 0 Å². The molecule has 0 aliphatic carbocycles. The summed E-state index contributed by atoms with van der Waals surface area (Å²) in [7, 11) is -4.16. The van der Waals surface area contributed by atoms with Crippen molar-refractivity contribution in [1.29, 1.82) is 0 Å². The Hall–Kier alpha value is -2.59. The molecule has 0 aliphatic heterocycles. The molecule has 0 spiro atoms. The molecule has 3 rings (SSSR count). The van der Waals surface area contributed by atoms with E-state index in [1.165, 1.54) is 17.0 Å². The molecule has 0 aliphatic rings. The molecule has 2 amide bonds. The second kappa shape index (κ2) is 14.3. The smallest absolute Gasteiger partial charge is 0.264 e. The number of hydrogen-bond donors (Lipinski definition) is 1. The second-order valence-electron chi connectivity index (χ2n) is 9.24. The number of aryl methyl sites for hydroxylation is 1. The largest absolute Gasteiger partial charge is 0.354 e. The number of rotatable bonds is 12. The standard InChI is InChI=1S/C29H32BrCl2N3O4S/c1-4-16-33-29(37)27(5-2)34(18-24-25(31)10-7-11-26(24)32)28(36)19-35(22-9-6-8-21(30)17-22)40(38,39)23-14-12-20(3)13-15-23/h6-15,17,27H,4-5,16,18-19H2,1-3H3,(H,33,37). The zero-order chi connectivity index (χ0) is 29.4. The number of amides is 2. The summed E-state index contributed by atoms with van der Waals surface area (Å²) in [6.07, 6.45) is 1.02. The van der Waals surface area contributed by atoms with Gasteiger partial charge in [0.15, 0.2) is 0 Å². The van der Waals surface area contributed by atoms with Crippen molar-refractivity contribution in [2.24, 2.45) is 0 Å². The maximum absolute atomic E-state index is 14.1.